The van der Waals surface area contributed by atoms with Crippen LogP contribution in [0.5, 0.6) is 0 Å². The Hall–Kier alpha value is -0.830. The van der Waals surface area contributed by atoms with Gasteiger partial charge in [0.25, 0.3) is 0 Å². The minimum absolute atomic E-state index is 0.715. The van der Waals surface area contributed by atoms with E-state index in [0.717, 1.165) is 12.5 Å². The van der Waals surface area contributed by atoms with Crippen LogP contribution in [0.2, 0.25) is 0 Å². The number of rotatable bonds is 4. The van der Waals surface area contributed by atoms with Crippen LogP contribution in [0.15, 0.2) is 12.4 Å². The zero-order valence-electron chi connectivity index (χ0n) is 11.2. The fourth-order valence-corrected chi connectivity index (χ4v) is 2.82. The Balaban J connectivity index is 1.75. The Morgan fingerprint density at radius 1 is 1.35 bits per heavy atom. The Kier molecular flexibility index (Phi) is 4.60. The normalized spacial score (nSPS) is 25.8. The maximum atomic E-state index is 4.20. The maximum absolute atomic E-state index is 4.20. The number of nitrogens with one attached hydrogen (secondary N) is 1. The zero-order valence-corrected chi connectivity index (χ0v) is 11.2. The molecular formula is C14H25N3. The van der Waals surface area contributed by atoms with Gasteiger partial charge < -0.3 is 5.32 Å². The van der Waals surface area contributed by atoms with Gasteiger partial charge in [0.05, 0.1) is 6.20 Å². The second kappa shape index (κ2) is 6.20. The van der Waals surface area contributed by atoms with Crippen LogP contribution in [0.4, 0.5) is 0 Å². The molecule has 1 aromatic heterocycles. The molecule has 2 rings (SSSR count). The number of hydrogen-bond acceptors (Lipinski definition) is 2. The molecule has 0 saturated heterocycles. The Labute approximate surface area is 105 Å². The van der Waals surface area contributed by atoms with Gasteiger partial charge in [-0.25, -0.2) is 0 Å². The number of aromatic nitrogens is 2. The average Bonchev–Trinajstić information content (AvgIpc) is 2.63. The maximum Gasteiger partial charge on any atom is 0.0534 e. The fourth-order valence-electron chi connectivity index (χ4n) is 2.82. The molecule has 0 aromatic carbocycles. The summed E-state index contributed by atoms with van der Waals surface area (Å²) in [6.07, 6.45) is 12.3. The SMILES string of the molecule is CCC1CCCC(NCc2cnn(C)c2)CC1. The predicted octanol–water partition coefficient (Wildman–Crippen LogP) is 2.87. The second-order valence-electron chi connectivity index (χ2n) is 5.38. The summed E-state index contributed by atoms with van der Waals surface area (Å²) >= 11 is 0. The van der Waals surface area contributed by atoms with E-state index in [1.807, 2.05) is 17.9 Å². The van der Waals surface area contributed by atoms with Crippen molar-refractivity contribution >= 4 is 0 Å². The summed E-state index contributed by atoms with van der Waals surface area (Å²) in [5.74, 6) is 0.972. The molecular weight excluding hydrogens is 210 g/mol. The van der Waals surface area contributed by atoms with Crippen LogP contribution in [0.1, 0.15) is 51.0 Å². The first-order valence-corrected chi connectivity index (χ1v) is 6.99. The van der Waals surface area contributed by atoms with E-state index in [1.54, 1.807) is 0 Å². The summed E-state index contributed by atoms with van der Waals surface area (Å²) in [4.78, 5) is 0. The van der Waals surface area contributed by atoms with Crippen molar-refractivity contribution in [1.29, 1.82) is 0 Å². The largest absolute Gasteiger partial charge is 0.310 e. The molecule has 17 heavy (non-hydrogen) atoms. The molecule has 3 heteroatoms. The molecule has 3 nitrogen and oxygen atoms in total. The van der Waals surface area contributed by atoms with E-state index in [0.29, 0.717) is 6.04 Å². The third-order valence-electron chi connectivity index (χ3n) is 4.02. The highest BCUT2D eigenvalue weighted by Gasteiger charge is 2.17. The molecule has 0 spiro atoms. The molecule has 0 radical (unpaired) electrons. The van der Waals surface area contributed by atoms with Crippen molar-refractivity contribution in [1.82, 2.24) is 15.1 Å². The van der Waals surface area contributed by atoms with Crippen molar-refractivity contribution in [3.8, 4) is 0 Å². The van der Waals surface area contributed by atoms with Crippen LogP contribution in [0.3, 0.4) is 0 Å². The smallest absolute Gasteiger partial charge is 0.0534 e. The second-order valence-corrected chi connectivity index (χ2v) is 5.38. The predicted molar refractivity (Wildman–Crippen MR) is 70.7 cm³/mol. The minimum atomic E-state index is 0.715. The minimum Gasteiger partial charge on any atom is -0.310 e. The first kappa shape index (κ1) is 12.6. The van der Waals surface area contributed by atoms with E-state index in [2.05, 4.69) is 23.5 Å². The molecule has 1 aromatic rings. The molecule has 2 unspecified atom stereocenters. The van der Waals surface area contributed by atoms with E-state index in [-0.39, 0.29) is 0 Å². The highest BCUT2D eigenvalue weighted by atomic mass is 15.2. The lowest BCUT2D eigenvalue weighted by Crippen LogP contribution is -2.27. The molecule has 1 heterocycles. The molecule has 1 aliphatic carbocycles. The first-order chi connectivity index (χ1) is 8.28. The van der Waals surface area contributed by atoms with Crippen molar-refractivity contribution in [2.45, 2.75) is 58.0 Å². The highest BCUT2D eigenvalue weighted by molar-refractivity contribution is 5.03. The molecule has 0 bridgehead atoms. The van der Waals surface area contributed by atoms with Gasteiger partial charge in [0.1, 0.15) is 0 Å². The molecule has 0 aliphatic heterocycles. The van der Waals surface area contributed by atoms with Crippen LogP contribution in [0.25, 0.3) is 0 Å². The van der Waals surface area contributed by atoms with Crippen LogP contribution >= 0.6 is 0 Å². The van der Waals surface area contributed by atoms with Gasteiger partial charge in [0.2, 0.25) is 0 Å². The highest BCUT2D eigenvalue weighted by Crippen LogP contribution is 2.25. The molecule has 1 aliphatic rings. The van der Waals surface area contributed by atoms with Gasteiger partial charge in [-0.15, -0.1) is 0 Å². The van der Waals surface area contributed by atoms with Gasteiger partial charge in [-0.3, -0.25) is 4.68 Å². The molecule has 96 valence electrons. The average molecular weight is 235 g/mol. The third kappa shape index (κ3) is 3.84. The lowest BCUT2D eigenvalue weighted by molar-refractivity contribution is 0.425. The van der Waals surface area contributed by atoms with E-state index in [1.165, 1.54) is 44.1 Å². The number of aryl methyl sites for hydroxylation is 1. The van der Waals surface area contributed by atoms with Crippen LogP contribution in [0, 0.1) is 5.92 Å². The van der Waals surface area contributed by atoms with Gasteiger partial charge in [-0.05, 0) is 25.2 Å². The van der Waals surface area contributed by atoms with Crippen molar-refractivity contribution in [3.63, 3.8) is 0 Å². The van der Waals surface area contributed by atoms with Crippen molar-refractivity contribution in [2.24, 2.45) is 13.0 Å². The van der Waals surface area contributed by atoms with Crippen LogP contribution < -0.4 is 5.32 Å². The first-order valence-electron chi connectivity index (χ1n) is 6.99. The van der Waals surface area contributed by atoms with Crippen molar-refractivity contribution < 1.29 is 0 Å². The molecule has 2 atom stereocenters. The van der Waals surface area contributed by atoms with E-state index in [4.69, 9.17) is 0 Å². The summed E-state index contributed by atoms with van der Waals surface area (Å²) < 4.78 is 1.87. The van der Waals surface area contributed by atoms with E-state index >= 15 is 0 Å². The molecule has 1 saturated carbocycles. The zero-order chi connectivity index (χ0) is 12.1. The summed E-state index contributed by atoms with van der Waals surface area (Å²) in [7, 11) is 1.97. The Morgan fingerprint density at radius 2 is 2.24 bits per heavy atom. The molecule has 1 fully saturated rings. The monoisotopic (exact) mass is 235 g/mol. The molecule has 1 N–H and O–H groups in total. The Bertz CT molecular complexity index is 332. The fraction of sp³-hybridized carbons (Fsp3) is 0.786. The lowest BCUT2D eigenvalue weighted by Gasteiger charge is -2.15. The van der Waals surface area contributed by atoms with E-state index < -0.39 is 0 Å². The van der Waals surface area contributed by atoms with Gasteiger partial charge in [-0.1, -0.05) is 26.2 Å². The summed E-state index contributed by atoms with van der Waals surface area (Å²) in [6, 6.07) is 0.715. The van der Waals surface area contributed by atoms with Gasteiger partial charge >= 0.3 is 0 Å². The van der Waals surface area contributed by atoms with Crippen molar-refractivity contribution in [3.05, 3.63) is 18.0 Å². The standard InChI is InChI=1S/C14H25N3/c1-3-12-5-4-6-14(8-7-12)15-9-13-10-16-17(2)11-13/h10-12,14-15H,3-9H2,1-2H3. The topological polar surface area (TPSA) is 29.9 Å². The summed E-state index contributed by atoms with van der Waals surface area (Å²) in [6.45, 7) is 3.29. The van der Waals surface area contributed by atoms with Crippen LogP contribution in [-0.4, -0.2) is 15.8 Å². The van der Waals surface area contributed by atoms with Crippen LogP contribution in [-0.2, 0) is 13.6 Å². The Morgan fingerprint density at radius 3 is 2.94 bits per heavy atom. The van der Waals surface area contributed by atoms with Crippen molar-refractivity contribution in [2.75, 3.05) is 0 Å². The quantitative estimate of drug-likeness (QED) is 0.813. The lowest BCUT2D eigenvalue weighted by atomic mass is 9.98. The number of nitrogens with zero attached hydrogens (tertiary/aromatic N) is 2. The summed E-state index contributed by atoms with van der Waals surface area (Å²) in [5, 5.41) is 7.88. The third-order valence-corrected chi connectivity index (χ3v) is 4.02. The van der Waals surface area contributed by atoms with Gasteiger partial charge in [0, 0.05) is 31.4 Å². The number of hydrogen-bond donors (Lipinski definition) is 1. The van der Waals surface area contributed by atoms with Gasteiger partial charge in [-0.2, -0.15) is 5.10 Å². The van der Waals surface area contributed by atoms with E-state index in [9.17, 15) is 0 Å². The summed E-state index contributed by atoms with van der Waals surface area (Å²) in [5.41, 5.74) is 1.30. The van der Waals surface area contributed by atoms with Gasteiger partial charge in [0.15, 0.2) is 0 Å². The molecule has 0 amide bonds.